The number of benzene rings is 22. The lowest BCUT2D eigenvalue weighted by atomic mass is 9.82. The molecule has 0 amide bonds. The number of aromatic nitrogens is 6. The number of hydrogen-bond donors (Lipinski definition) is 0. The average Bonchev–Trinajstić information content (AvgIpc) is 1.53. The van der Waals surface area contributed by atoms with Crippen LogP contribution in [0, 0.1) is 20.8 Å². The fourth-order valence-electron chi connectivity index (χ4n) is 24.1. The molecule has 0 aliphatic heterocycles. The predicted octanol–water partition coefficient (Wildman–Crippen LogP) is 36.0. The standard InChI is InChI=1S/C47H32N2.C44H32N2.C41H26N2S/c1-31-12-11-15-37(30-31)49-43-21-10-8-19-41(43)45-44-40-18-7-9-20-42(40)48(46(44)38-16-5-6-17-39(38)47(45)49)36-28-26-35(27-29-36)34-24-22-33(23-25-34)32-13-3-2-4-14-32;1-27-13-12-14-28(25-27)45-38-21-10-7-18-34(38)40-41-35-19-8-11-22-39(35)46(43(41)33-17-5-4-16-32(33)42(40)45)29-23-24-31-30-15-6-9-20-36(30)44(2,3)37(31)26-29;1-25-11-10-12-26(23-25)42-34-18-7-4-16-32(34)38-39-33-17-5-8-19-35(33)43(41(39)31-15-3-2-14-30(31)40(38)42)27-21-22-29-28-13-6-9-20-36(28)44-37(29)24-27/h2-30H,1H3;4-26H,1-3H3;2-24H,1H3. The second kappa shape index (κ2) is 31.1. The summed E-state index contributed by atoms with van der Waals surface area (Å²) in [6.07, 6.45) is 0. The van der Waals surface area contributed by atoms with Gasteiger partial charge >= 0.3 is 0 Å². The molecule has 654 valence electrons. The molecule has 7 heteroatoms. The number of fused-ring (bicyclic) bond motifs is 36. The predicted molar refractivity (Wildman–Crippen MR) is 593 cm³/mol. The van der Waals surface area contributed by atoms with Gasteiger partial charge in [-0.25, -0.2) is 0 Å². The van der Waals surface area contributed by atoms with Crippen molar-refractivity contribution in [3.63, 3.8) is 0 Å². The molecule has 7 aromatic heterocycles. The summed E-state index contributed by atoms with van der Waals surface area (Å²) in [5.74, 6) is 0. The summed E-state index contributed by atoms with van der Waals surface area (Å²) in [7, 11) is 0. The SMILES string of the molecule is Cc1cccc(-n2c3ccccc3c3c4c5ccccc5n(-c5ccc(-c6ccc(-c7ccccc7)cc6)cc5)c4c4ccccc4c32)c1.Cc1cccc(-n2c3ccccc3c3c4c5ccccc5n(-c5ccc6c(c5)C(C)(C)c5ccccc5-6)c4c4ccccc4c32)c1.Cc1cccc(-n2c3ccccc3c3c4c5ccccc5n(-c5ccc6c(c5)sc5ccccc56)c4c4ccccc4c32)c1. The smallest absolute Gasteiger partial charge is 0.0627 e. The van der Waals surface area contributed by atoms with Crippen LogP contribution in [0.2, 0.25) is 0 Å². The van der Waals surface area contributed by atoms with Gasteiger partial charge in [0.1, 0.15) is 0 Å². The molecule has 139 heavy (non-hydrogen) atoms. The molecule has 0 bridgehead atoms. The minimum Gasteiger partial charge on any atom is -0.309 e. The maximum absolute atomic E-state index is 2.53. The molecule has 0 atom stereocenters. The number of thiophene rings is 1. The zero-order valence-corrected chi connectivity index (χ0v) is 78.2. The van der Waals surface area contributed by atoms with Gasteiger partial charge in [-0.15, -0.1) is 11.3 Å². The van der Waals surface area contributed by atoms with Crippen LogP contribution in [-0.2, 0) is 5.41 Å². The molecular weight excluding hydrogens is 1700 g/mol. The van der Waals surface area contributed by atoms with Crippen molar-refractivity contribution < 1.29 is 0 Å². The molecular formula is C132H90N6S. The third kappa shape index (κ3) is 12.0. The van der Waals surface area contributed by atoms with E-state index in [0.29, 0.717) is 0 Å². The lowest BCUT2D eigenvalue weighted by molar-refractivity contribution is 0.660. The van der Waals surface area contributed by atoms with E-state index in [1.807, 2.05) is 11.3 Å². The summed E-state index contributed by atoms with van der Waals surface area (Å²) < 4.78 is 17.6. The monoisotopic (exact) mass is 1790 g/mol. The van der Waals surface area contributed by atoms with Crippen molar-refractivity contribution in [1.29, 1.82) is 0 Å². The van der Waals surface area contributed by atoms with Gasteiger partial charge in [0, 0.05) is 157 Å². The quantitative estimate of drug-likeness (QED) is 0.145. The van der Waals surface area contributed by atoms with Gasteiger partial charge in [0.05, 0.1) is 66.2 Å². The fraction of sp³-hybridized carbons (Fsp3) is 0.0455. The van der Waals surface area contributed by atoms with E-state index in [1.165, 1.54) is 273 Å². The molecule has 0 radical (unpaired) electrons. The first-order chi connectivity index (χ1) is 68.5. The van der Waals surface area contributed by atoms with Gasteiger partial charge in [-0.2, -0.15) is 0 Å². The summed E-state index contributed by atoms with van der Waals surface area (Å²) >= 11 is 1.88. The van der Waals surface area contributed by atoms with Crippen LogP contribution in [0.3, 0.4) is 0 Å². The summed E-state index contributed by atoms with van der Waals surface area (Å²) in [6.45, 7) is 11.3. The molecule has 22 aromatic carbocycles. The highest BCUT2D eigenvalue weighted by Gasteiger charge is 2.37. The van der Waals surface area contributed by atoms with E-state index in [1.54, 1.807) is 0 Å². The Morgan fingerprint density at radius 3 is 0.799 bits per heavy atom. The summed E-state index contributed by atoms with van der Waals surface area (Å²) in [6, 6.07) is 167. The van der Waals surface area contributed by atoms with E-state index in [0.717, 1.165) is 5.69 Å². The second-order valence-corrected chi connectivity index (χ2v) is 39.4. The molecule has 0 spiro atoms. The van der Waals surface area contributed by atoms with Gasteiger partial charge in [-0.3, -0.25) is 0 Å². The van der Waals surface area contributed by atoms with Gasteiger partial charge in [-0.05, 0) is 197 Å². The Labute approximate surface area is 806 Å². The lowest BCUT2D eigenvalue weighted by Crippen LogP contribution is -2.15. The minimum atomic E-state index is -0.0722. The lowest BCUT2D eigenvalue weighted by Gasteiger charge is -2.22. The average molecular weight is 1790 g/mol. The molecule has 1 aliphatic rings. The highest BCUT2D eigenvalue weighted by atomic mass is 32.1. The Bertz CT molecular complexity index is 10200. The van der Waals surface area contributed by atoms with E-state index < -0.39 is 0 Å². The minimum absolute atomic E-state index is 0.0722. The number of rotatable bonds is 8. The first-order valence-corrected chi connectivity index (χ1v) is 49.1. The van der Waals surface area contributed by atoms with Crippen LogP contribution in [0.25, 0.3) is 251 Å². The van der Waals surface area contributed by atoms with Gasteiger partial charge in [-0.1, -0.05) is 354 Å². The maximum atomic E-state index is 2.53. The normalized spacial score (nSPS) is 12.6. The highest BCUT2D eigenvalue weighted by Crippen LogP contribution is 2.55. The molecule has 6 nitrogen and oxygen atoms in total. The number of hydrogen-bond acceptors (Lipinski definition) is 1. The van der Waals surface area contributed by atoms with Crippen LogP contribution in [0.15, 0.2) is 455 Å². The van der Waals surface area contributed by atoms with Crippen LogP contribution >= 0.6 is 11.3 Å². The first kappa shape index (κ1) is 80.1. The third-order valence-corrected chi connectivity index (χ3v) is 31.1. The van der Waals surface area contributed by atoms with Crippen molar-refractivity contribution in [3.05, 3.63) is 483 Å². The molecule has 0 saturated heterocycles. The molecule has 29 aromatic rings. The van der Waals surface area contributed by atoms with E-state index >= 15 is 0 Å². The molecule has 0 saturated carbocycles. The maximum Gasteiger partial charge on any atom is 0.0627 e. The van der Waals surface area contributed by atoms with Crippen molar-refractivity contribution >= 4 is 195 Å². The Kier molecular flexibility index (Phi) is 17.9. The number of aryl methyl sites for hydroxylation is 3. The molecule has 0 fully saturated rings. The Morgan fingerprint density at radius 1 is 0.173 bits per heavy atom. The van der Waals surface area contributed by atoms with Crippen LogP contribution in [0.5, 0.6) is 0 Å². The van der Waals surface area contributed by atoms with Crippen LogP contribution in [0.1, 0.15) is 41.7 Å². The van der Waals surface area contributed by atoms with Crippen molar-refractivity contribution in [2.24, 2.45) is 0 Å². The van der Waals surface area contributed by atoms with Crippen molar-refractivity contribution in [3.8, 4) is 67.5 Å². The van der Waals surface area contributed by atoms with Gasteiger partial charge in [0.2, 0.25) is 0 Å². The van der Waals surface area contributed by atoms with E-state index in [2.05, 4.69) is 517 Å². The number of para-hydroxylation sites is 6. The molecule has 30 rings (SSSR count). The van der Waals surface area contributed by atoms with Crippen LogP contribution in [-0.4, -0.2) is 27.4 Å². The van der Waals surface area contributed by atoms with Crippen molar-refractivity contribution in [1.82, 2.24) is 27.4 Å². The second-order valence-electron chi connectivity index (χ2n) is 38.3. The Hall–Kier alpha value is -17.4. The summed E-state index contributed by atoms with van der Waals surface area (Å²) in [4.78, 5) is 0. The van der Waals surface area contributed by atoms with Crippen LogP contribution < -0.4 is 0 Å². The highest BCUT2D eigenvalue weighted by molar-refractivity contribution is 7.25. The largest absolute Gasteiger partial charge is 0.309 e. The van der Waals surface area contributed by atoms with Crippen LogP contribution in [0.4, 0.5) is 0 Å². The number of nitrogens with zero attached hydrogens (tertiary/aromatic N) is 6. The van der Waals surface area contributed by atoms with Gasteiger partial charge in [0.15, 0.2) is 0 Å². The first-order valence-electron chi connectivity index (χ1n) is 48.3. The molecule has 0 unspecified atom stereocenters. The van der Waals surface area contributed by atoms with E-state index in [9.17, 15) is 0 Å². The zero-order valence-electron chi connectivity index (χ0n) is 77.4. The topological polar surface area (TPSA) is 29.6 Å². The summed E-state index contributed by atoms with van der Waals surface area (Å²) in [5.41, 5.74) is 36.1. The van der Waals surface area contributed by atoms with E-state index in [-0.39, 0.29) is 5.41 Å². The zero-order chi connectivity index (χ0) is 92.1. The Morgan fingerprint density at radius 2 is 0.432 bits per heavy atom. The fourth-order valence-corrected chi connectivity index (χ4v) is 25.2. The van der Waals surface area contributed by atoms with E-state index in [4.69, 9.17) is 0 Å². The molecule has 7 heterocycles. The summed E-state index contributed by atoms with van der Waals surface area (Å²) in [5, 5.41) is 25.7. The third-order valence-electron chi connectivity index (χ3n) is 30.0. The Balaban J connectivity index is 0.000000103. The van der Waals surface area contributed by atoms with Crippen molar-refractivity contribution in [2.75, 3.05) is 0 Å². The van der Waals surface area contributed by atoms with Gasteiger partial charge in [0.25, 0.3) is 0 Å². The van der Waals surface area contributed by atoms with Crippen molar-refractivity contribution in [2.45, 2.75) is 40.0 Å². The molecule has 1 aliphatic carbocycles. The molecule has 0 N–H and O–H groups in total. The van der Waals surface area contributed by atoms with Gasteiger partial charge < -0.3 is 27.4 Å².